The number of nitro benzene ring substituents is 1. The summed E-state index contributed by atoms with van der Waals surface area (Å²) in [7, 11) is 0. The first-order valence-corrected chi connectivity index (χ1v) is 6.15. The van der Waals surface area contributed by atoms with Gasteiger partial charge in [0.25, 0.3) is 11.6 Å². The third kappa shape index (κ3) is 3.33. The number of nitrogens with zero attached hydrogens (tertiary/aromatic N) is 2. The molecule has 0 unspecified atom stereocenters. The second kappa shape index (κ2) is 6.16. The molecule has 0 aliphatic rings. The molecule has 0 spiro atoms. The number of aromatic amines is 1. The van der Waals surface area contributed by atoms with Gasteiger partial charge >= 0.3 is 0 Å². The summed E-state index contributed by atoms with van der Waals surface area (Å²) < 4.78 is 0. The highest BCUT2D eigenvalue weighted by atomic mass is 35.5. The molecule has 1 heterocycles. The van der Waals surface area contributed by atoms with Crippen LogP contribution in [0.4, 0.5) is 5.69 Å². The maximum atomic E-state index is 12.0. The van der Waals surface area contributed by atoms with Gasteiger partial charge in [0, 0.05) is 35.9 Å². The quantitative estimate of drug-likeness (QED) is 0.650. The van der Waals surface area contributed by atoms with Crippen molar-refractivity contribution in [3.8, 4) is 0 Å². The summed E-state index contributed by atoms with van der Waals surface area (Å²) in [5.41, 5.74) is 0.548. The van der Waals surface area contributed by atoms with Crippen molar-refractivity contribution in [1.82, 2.24) is 15.3 Å². The first kappa shape index (κ1) is 14.0. The summed E-state index contributed by atoms with van der Waals surface area (Å²) in [4.78, 5) is 29.0. The minimum absolute atomic E-state index is 0.0490. The van der Waals surface area contributed by atoms with E-state index in [1.165, 1.54) is 18.2 Å². The summed E-state index contributed by atoms with van der Waals surface area (Å²) in [5, 5.41) is 13.7. The minimum atomic E-state index is -0.611. The number of nitrogens with one attached hydrogen (secondary N) is 2. The summed E-state index contributed by atoms with van der Waals surface area (Å²) in [6.45, 7) is 0.338. The molecule has 2 N–H and O–H groups in total. The number of imidazole rings is 1. The number of halogens is 1. The zero-order chi connectivity index (χ0) is 14.5. The molecule has 0 saturated carbocycles. The Morgan fingerprint density at radius 1 is 1.50 bits per heavy atom. The third-order valence-corrected chi connectivity index (χ3v) is 2.87. The third-order valence-electron chi connectivity index (χ3n) is 2.63. The first-order chi connectivity index (χ1) is 9.58. The smallest absolute Gasteiger partial charge is 0.282 e. The van der Waals surface area contributed by atoms with Gasteiger partial charge in [-0.1, -0.05) is 11.6 Å². The van der Waals surface area contributed by atoms with Crippen molar-refractivity contribution < 1.29 is 9.72 Å². The number of hydrogen-bond acceptors (Lipinski definition) is 4. The lowest BCUT2D eigenvalue weighted by molar-refractivity contribution is -0.385. The summed E-state index contributed by atoms with van der Waals surface area (Å²) in [6, 6.07) is 3.87. The van der Waals surface area contributed by atoms with Gasteiger partial charge < -0.3 is 10.3 Å². The van der Waals surface area contributed by atoms with E-state index in [1.54, 1.807) is 12.5 Å². The van der Waals surface area contributed by atoms with Crippen LogP contribution in [0.2, 0.25) is 5.02 Å². The number of benzene rings is 1. The predicted octanol–water partition coefficient (Wildman–Crippen LogP) is 1.94. The van der Waals surface area contributed by atoms with Crippen LogP contribution in [0.1, 0.15) is 16.1 Å². The maximum absolute atomic E-state index is 12.0. The van der Waals surface area contributed by atoms with Crippen molar-refractivity contribution in [2.75, 3.05) is 6.54 Å². The number of aromatic nitrogens is 2. The fourth-order valence-corrected chi connectivity index (χ4v) is 1.85. The van der Waals surface area contributed by atoms with Gasteiger partial charge in [-0.05, 0) is 12.1 Å². The fourth-order valence-electron chi connectivity index (χ4n) is 1.68. The van der Waals surface area contributed by atoms with E-state index < -0.39 is 10.8 Å². The molecule has 104 valence electrons. The van der Waals surface area contributed by atoms with Gasteiger partial charge in [0.1, 0.15) is 5.56 Å². The number of carbonyl (C=O) groups is 1. The van der Waals surface area contributed by atoms with Crippen LogP contribution in [0, 0.1) is 10.1 Å². The second-order valence-electron chi connectivity index (χ2n) is 4.00. The number of nitro groups is 1. The number of carbonyl (C=O) groups excluding carboxylic acids is 1. The Morgan fingerprint density at radius 3 is 2.95 bits per heavy atom. The average Bonchev–Trinajstić information content (AvgIpc) is 2.91. The van der Waals surface area contributed by atoms with Gasteiger partial charge in [0.15, 0.2) is 0 Å². The van der Waals surface area contributed by atoms with Gasteiger partial charge in [0.2, 0.25) is 0 Å². The van der Waals surface area contributed by atoms with Crippen LogP contribution in [-0.2, 0) is 6.42 Å². The van der Waals surface area contributed by atoms with E-state index in [0.29, 0.717) is 13.0 Å². The average molecular weight is 295 g/mol. The lowest BCUT2D eigenvalue weighted by Crippen LogP contribution is -2.26. The van der Waals surface area contributed by atoms with E-state index in [-0.39, 0.29) is 16.3 Å². The molecule has 0 atom stereocenters. The standard InChI is InChI=1S/C12H11ClN4O3/c13-8-1-2-11(17(19)20)10(5-8)12(18)15-4-3-9-6-14-7-16-9/h1-2,5-7H,3-4H2,(H,14,16)(H,15,18). The minimum Gasteiger partial charge on any atom is -0.351 e. The van der Waals surface area contributed by atoms with Gasteiger partial charge in [-0.3, -0.25) is 14.9 Å². The number of amides is 1. The van der Waals surface area contributed by atoms with E-state index in [0.717, 1.165) is 5.69 Å². The van der Waals surface area contributed by atoms with Crippen LogP contribution in [0.3, 0.4) is 0 Å². The molecule has 0 aliphatic carbocycles. The van der Waals surface area contributed by atoms with Gasteiger partial charge in [0.05, 0.1) is 11.3 Å². The zero-order valence-corrected chi connectivity index (χ0v) is 11.1. The normalized spacial score (nSPS) is 10.2. The predicted molar refractivity (Wildman–Crippen MR) is 72.7 cm³/mol. The van der Waals surface area contributed by atoms with Crippen LogP contribution >= 0.6 is 11.6 Å². The molecule has 0 radical (unpaired) electrons. The monoisotopic (exact) mass is 294 g/mol. The van der Waals surface area contributed by atoms with Gasteiger partial charge in [-0.15, -0.1) is 0 Å². The number of H-pyrrole nitrogens is 1. The van der Waals surface area contributed by atoms with E-state index in [4.69, 9.17) is 11.6 Å². The molecular formula is C12H11ClN4O3. The largest absolute Gasteiger partial charge is 0.351 e. The molecule has 0 aliphatic heterocycles. The molecule has 2 rings (SSSR count). The first-order valence-electron chi connectivity index (χ1n) is 5.77. The highest BCUT2D eigenvalue weighted by molar-refractivity contribution is 6.31. The Hall–Kier alpha value is -2.41. The molecule has 1 aromatic heterocycles. The molecule has 20 heavy (non-hydrogen) atoms. The van der Waals surface area contributed by atoms with Crippen LogP contribution in [0.5, 0.6) is 0 Å². The van der Waals surface area contributed by atoms with Crippen LogP contribution in [0.25, 0.3) is 0 Å². The molecule has 8 heteroatoms. The van der Waals surface area contributed by atoms with Crippen molar-refractivity contribution >= 4 is 23.2 Å². The number of hydrogen-bond donors (Lipinski definition) is 2. The summed E-state index contributed by atoms with van der Waals surface area (Å²) in [5.74, 6) is -0.529. The van der Waals surface area contributed by atoms with Gasteiger partial charge in [-0.25, -0.2) is 4.98 Å². The molecular weight excluding hydrogens is 284 g/mol. The Labute approximate surface area is 119 Å². The van der Waals surface area contributed by atoms with E-state index in [9.17, 15) is 14.9 Å². The fraction of sp³-hybridized carbons (Fsp3) is 0.167. The van der Waals surface area contributed by atoms with Crippen molar-refractivity contribution in [2.45, 2.75) is 6.42 Å². The number of rotatable bonds is 5. The molecule has 1 amide bonds. The molecule has 0 fully saturated rings. The van der Waals surface area contributed by atoms with E-state index in [2.05, 4.69) is 15.3 Å². The van der Waals surface area contributed by atoms with E-state index in [1.807, 2.05) is 0 Å². The van der Waals surface area contributed by atoms with Crippen molar-refractivity contribution in [3.05, 3.63) is 57.1 Å². The molecule has 0 bridgehead atoms. The van der Waals surface area contributed by atoms with Crippen molar-refractivity contribution in [3.63, 3.8) is 0 Å². The van der Waals surface area contributed by atoms with Crippen molar-refractivity contribution in [1.29, 1.82) is 0 Å². The zero-order valence-electron chi connectivity index (χ0n) is 10.3. The lowest BCUT2D eigenvalue weighted by Gasteiger charge is -2.05. The molecule has 1 aromatic carbocycles. The van der Waals surface area contributed by atoms with E-state index >= 15 is 0 Å². The molecule has 0 saturated heterocycles. The van der Waals surface area contributed by atoms with Crippen LogP contribution in [-0.4, -0.2) is 27.3 Å². The topological polar surface area (TPSA) is 101 Å². The van der Waals surface area contributed by atoms with Crippen LogP contribution in [0.15, 0.2) is 30.7 Å². The SMILES string of the molecule is O=C(NCCc1cnc[nH]1)c1cc(Cl)ccc1[N+](=O)[O-]. The highest BCUT2D eigenvalue weighted by Crippen LogP contribution is 2.22. The van der Waals surface area contributed by atoms with Gasteiger partial charge in [-0.2, -0.15) is 0 Å². The highest BCUT2D eigenvalue weighted by Gasteiger charge is 2.20. The summed E-state index contributed by atoms with van der Waals surface area (Å²) >= 11 is 5.76. The molecule has 7 nitrogen and oxygen atoms in total. The van der Waals surface area contributed by atoms with Crippen LogP contribution < -0.4 is 5.32 Å². The Morgan fingerprint density at radius 2 is 2.30 bits per heavy atom. The maximum Gasteiger partial charge on any atom is 0.282 e. The Bertz CT molecular complexity index is 628. The Kier molecular flexibility index (Phi) is 4.31. The lowest BCUT2D eigenvalue weighted by atomic mass is 10.1. The molecule has 2 aromatic rings. The second-order valence-corrected chi connectivity index (χ2v) is 4.44. The Balaban J connectivity index is 2.05. The summed E-state index contributed by atoms with van der Waals surface area (Å²) in [6.07, 6.45) is 3.74. The van der Waals surface area contributed by atoms with Crippen molar-refractivity contribution in [2.24, 2.45) is 0 Å².